The van der Waals surface area contributed by atoms with Crippen molar-refractivity contribution in [1.29, 1.82) is 0 Å². The number of benzene rings is 1. The molecule has 0 saturated heterocycles. The molecule has 1 N–H and O–H groups in total. The zero-order valence-electron chi connectivity index (χ0n) is 9.69. The van der Waals surface area contributed by atoms with E-state index in [-0.39, 0.29) is 15.8 Å². The first-order chi connectivity index (χ1) is 8.97. The van der Waals surface area contributed by atoms with Crippen LogP contribution in [0.15, 0.2) is 24.4 Å². The number of thiazole rings is 1. The fourth-order valence-corrected chi connectivity index (χ4v) is 2.02. The van der Waals surface area contributed by atoms with Gasteiger partial charge in [-0.1, -0.05) is 0 Å². The smallest absolute Gasteiger partial charge is 0.347 e. The van der Waals surface area contributed by atoms with Gasteiger partial charge in [-0.05, 0) is 42.0 Å². The lowest BCUT2D eigenvalue weighted by Gasteiger charge is -2.04. The topological polar surface area (TPSA) is 103 Å². The second-order valence-electron chi connectivity index (χ2n) is 3.61. The van der Waals surface area contributed by atoms with Crippen LogP contribution in [0.25, 0.3) is 0 Å². The summed E-state index contributed by atoms with van der Waals surface area (Å²) in [5.74, 6) is -0.638. The van der Waals surface area contributed by atoms with Gasteiger partial charge in [-0.2, -0.15) is 0 Å². The van der Waals surface area contributed by atoms with Crippen molar-refractivity contribution in [3.63, 3.8) is 0 Å². The van der Waals surface area contributed by atoms with Crippen molar-refractivity contribution >= 4 is 22.3 Å². The van der Waals surface area contributed by atoms with Crippen molar-refractivity contribution in [2.24, 2.45) is 0 Å². The quantitative estimate of drug-likeness (QED) is 0.682. The standard InChI is InChI=1S/C11H8N2O5S/c1-6-4-7(2-3-8(6)10(14)15)18-11-12-5-9(19-11)13(16)17/h2-5H,1H3,(H,14,15). The molecule has 0 bridgehead atoms. The zero-order valence-corrected chi connectivity index (χ0v) is 10.5. The molecule has 1 heterocycles. The maximum absolute atomic E-state index is 10.8. The van der Waals surface area contributed by atoms with E-state index >= 15 is 0 Å². The number of carbonyl (C=O) groups is 1. The first-order valence-corrected chi connectivity index (χ1v) is 5.91. The summed E-state index contributed by atoms with van der Waals surface area (Å²) in [6, 6.07) is 4.43. The highest BCUT2D eigenvalue weighted by atomic mass is 32.1. The first kappa shape index (κ1) is 13.0. The van der Waals surface area contributed by atoms with Gasteiger partial charge in [0, 0.05) is 0 Å². The van der Waals surface area contributed by atoms with Gasteiger partial charge < -0.3 is 9.84 Å². The molecule has 8 heteroatoms. The number of carboxylic acids is 1. The summed E-state index contributed by atoms with van der Waals surface area (Å²) in [5, 5.41) is 19.4. The minimum absolute atomic E-state index is 0.117. The molecule has 1 aromatic carbocycles. The summed E-state index contributed by atoms with van der Waals surface area (Å²) in [7, 11) is 0. The Balaban J connectivity index is 2.21. The molecule has 0 fully saturated rings. The van der Waals surface area contributed by atoms with Crippen molar-refractivity contribution in [3.8, 4) is 10.9 Å². The molecule has 0 spiro atoms. The molecule has 0 aliphatic heterocycles. The van der Waals surface area contributed by atoms with Crippen molar-refractivity contribution in [3.05, 3.63) is 45.6 Å². The number of aryl methyl sites for hydroxylation is 1. The van der Waals surface area contributed by atoms with Crippen LogP contribution in [0.2, 0.25) is 0 Å². The van der Waals surface area contributed by atoms with Crippen molar-refractivity contribution in [1.82, 2.24) is 4.98 Å². The number of rotatable bonds is 4. The van der Waals surface area contributed by atoms with E-state index in [9.17, 15) is 14.9 Å². The van der Waals surface area contributed by atoms with Gasteiger partial charge >= 0.3 is 11.0 Å². The van der Waals surface area contributed by atoms with Crippen LogP contribution in [0.5, 0.6) is 10.9 Å². The highest BCUT2D eigenvalue weighted by Gasteiger charge is 2.14. The predicted octanol–water partition coefficient (Wildman–Crippen LogP) is 2.85. The van der Waals surface area contributed by atoms with Crippen molar-refractivity contribution in [2.45, 2.75) is 6.92 Å². The van der Waals surface area contributed by atoms with E-state index in [1.807, 2.05) is 0 Å². The van der Waals surface area contributed by atoms with Crippen LogP contribution in [0.3, 0.4) is 0 Å². The number of hydrogen-bond acceptors (Lipinski definition) is 6. The van der Waals surface area contributed by atoms with E-state index in [4.69, 9.17) is 9.84 Å². The Morgan fingerprint density at radius 2 is 2.26 bits per heavy atom. The van der Waals surface area contributed by atoms with Gasteiger partial charge in [0.25, 0.3) is 5.19 Å². The van der Waals surface area contributed by atoms with Gasteiger partial charge in [-0.15, -0.1) is 0 Å². The Kier molecular flexibility index (Phi) is 3.43. The molecule has 2 aromatic rings. The minimum Gasteiger partial charge on any atom is -0.478 e. The third-order valence-corrected chi connectivity index (χ3v) is 3.11. The van der Waals surface area contributed by atoms with Crippen LogP contribution < -0.4 is 4.74 Å². The van der Waals surface area contributed by atoms with E-state index in [1.165, 1.54) is 18.2 Å². The average Bonchev–Trinajstić information content (AvgIpc) is 2.77. The van der Waals surface area contributed by atoms with Crippen molar-refractivity contribution < 1.29 is 19.6 Å². The Morgan fingerprint density at radius 3 is 2.79 bits per heavy atom. The SMILES string of the molecule is Cc1cc(Oc2ncc([N+](=O)[O-])s2)ccc1C(=O)O. The molecule has 0 saturated carbocycles. The van der Waals surface area contributed by atoms with E-state index < -0.39 is 10.9 Å². The molecule has 7 nitrogen and oxygen atoms in total. The van der Waals surface area contributed by atoms with Gasteiger partial charge in [0.15, 0.2) is 0 Å². The Morgan fingerprint density at radius 1 is 1.53 bits per heavy atom. The zero-order chi connectivity index (χ0) is 14.0. The molecular weight excluding hydrogens is 272 g/mol. The summed E-state index contributed by atoms with van der Waals surface area (Å²) in [4.78, 5) is 24.5. The van der Waals surface area contributed by atoms with E-state index in [2.05, 4.69) is 4.98 Å². The third-order valence-electron chi connectivity index (χ3n) is 2.29. The molecule has 0 atom stereocenters. The molecule has 0 amide bonds. The monoisotopic (exact) mass is 280 g/mol. The van der Waals surface area contributed by atoms with Crippen LogP contribution >= 0.6 is 11.3 Å². The highest BCUT2D eigenvalue weighted by molar-refractivity contribution is 7.16. The van der Waals surface area contributed by atoms with E-state index in [1.54, 1.807) is 6.92 Å². The predicted molar refractivity (Wildman–Crippen MR) is 67.0 cm³/mol. The number of aromatic carboxylic acids is 1. The molecular formula is C11H8N2O5S. The molecule has 0 unspecified atom stereocenters. The molecule has 98 valence electrons. The Bertz CT molecular complexity index is 652. The van der Waals surface area contributed by atoms with Crippen LogP contribution in [-0.2, 0) is 0 Å². The average molecular weight is 280 g/mol. The number of nitro groups is 1. The summed E-state index contributed by atoms with van der Waals surface area (Å²) >= 11 is 0.803. The lowest BCUT2D eigenvalue weighted by Crippen LogP contribution is -1.99. The molecule has 19 heavy (non-hydrogen) atoms. The largest absolute Gasteiger partial charge is 0.478 e. The molecule has 2 rings (SSSR count). The first-order valence-electron chi connectivity index (χ1n) is 5.09. The summed E-state index contributed by atoms with van der Waals surface area (Å²) < 4.78 is 5.33. The minimum atomic E-state index is -1.02. The van der Waals surface area contributed by atoms with Gasteiger partial charge in [0.2, 0.25) is 0 Å². The number of ether oxygens (including phenoxy) is 1. The van der Waals surface area contributed by atoms with Gasteiger partial charge in [0.1, 0.15) is 11.9 Å². The normalized spacial score (nSPS) is 10.2. The second kappa shape index (κ2) is 5.02. The van der Waals surface area contributed by atoms with Crippen molar-refractivity contribution in [2.75, 3.05) is 0 Å². The van der Waals surface area contributed by atoms with Crippen LogP contribution in [0, 0.1) is 17.0 Å². The molecule has 0 aliphatic rings. The number of carboxylic acid groups (broad SMARTS) is 1. The summed E-state index contributed by atoms with van der Waals surface area (Å²) in [6.07, 6.45) is 1.11. The van der Waals surface area contributed by atoms with Crippen LogP contribution in [0.4, 0.5) is 5.00 Å². The van der Waals surface area contributed by atoms with Gasteiger partial charge in [-0.3, -0.25) is 10.1 Å². The maximum atomic E-state index is 10.8. The van der Waals surface area contributed by atoms with Gasteiger partial charge in [-0.25, -0.2) is 9.78 Å². The molecule has 0 radical (unpaired) electrons. The number of hydrogen-bond donors (Lipinski definition) is 1. The molecule has 0 aliphatic carbocycles. The third kappa shape index (κ3) is 2.86. The van der Waals surface area contributed by atoms with Crippen LogP contribution in [0.1, 0.15) is 15.9 Å². The fourth-order valence-electron chi connectivity index (χ4n) is 1.42. The van der Waals surface area contributed by atoms with Crippen LogP contribution in [-0.4, -0.2) is 21.0 Å². The van der Waals surface area contributed by atoms with E-state index in [0.717, 1.165) is 17.5 Å². The summed E-state index contributed by atoms with van der Waals surface area (Å²) in [5.41, 5.74) is 0.716. The molecule has 1 aromatic heterocycles. The number of aromatic nitrogens is 1. The Labute approximate surface area is 111 Å². The Hall–Kier alpha value is -2.48. The lowest BCUT2D eigenvalue weighted by molar-refractivity contribution is -0.380. The maximum Gasteiger partial charge on any atom is 0.347 e. The fraction of sp³-hybridized carbons (Fsp3) is 0.0909. The second-order valence-corrected chi connectivity index (χ2v) is 4.58. The van der Waals surface area contributed by atoms with E-state index in [0.29, 0.717) is 11.3 Å². The van der Waals surface area contributed by atoms with Gasteiger partial charge in [0.05, 0.1) is 10.5 Å². The number of nitrogens with zero attached hydrogens (tertiary/aromatic N) is 2. The summed E-state index contributed by atoms with van der Waals surface area (Å²) in [6.45, 7) is 1.64. The highest BCUT2D eigenvalue weighted by Crippen LogP contribution is 2.31. The lowest BCUT2D eigenvalue weighted by atomic mass is 10.1.